The number of amides is 1. The van der Waals surface area contributed by atoms with Gasteiger partial charge in [0.2, 0.25) is 5.91 Å². The number of quaternary nitrogens is 2. The van der Waals surface area contributed by atoms with Gasteiger partial charge < -0.3 is 15.1 Å². The predicted molar refractivity (Wildman–Crippen MR) is 90.2 cm³/mol. The molecule has 25 heavy (non-hydrogen) atoms. The summed E-state index contributed by atoms with van der Waals surface area (Å²) in [6.45, 7) is 7.81. The number of nitrogens with two attached hydrogens (primary N) is 1. The van der Waals surface area contributed by atoms with Crippen molar-refractivity contribution in [1.82, 2.24) is 4.90 Å². The molecule has 1 aromatic rings. The molecule has 3 rings (SSSR count). The summed E-state index contributed by atoms with van der Waals surface area (Å²) in [5.74, 6) is 0.0814. The van der Waals surface area contributed by atoms with E-state index in [0.717, 1.165) is 50.4 Å². The average Bonchev–Trinajstić information content (AvgIpc) is 2.88. The normalized spacial score (nSPS) is 25.6. The molecule has 2 heterocycles. The Hall–Kier alpha value is -1.25. The molecule has 3 N–H and O–H groups in total. The molecule has 0 saturated carbocycles. The summed E-state index contributed by atoms with van der Waals surface area (Å²) < 4.78 is 38.2. The summed E-state index contributed by atoms with van der Waals surface area (Å²) in [6, 6.07) is 5.21. The SMILES string of the molecule is C[C@@H]1S[C@@H](c2ccc(C(F)(F)F)cc2)N(CC[NH+]2CC[NH2+]CC2)C1=O. The van der Waals surface area contributed by atoms with E-state index >= 15 is 0 Å². The van der Waals surface area contributed by atoms with Gasteiger partial charge in [-0.2, -0.15) is 13.2 Å². The Morgan fingerprint density at radius 3 is 2.48 bits per heavy atom. The lowest BCUT2D eigenvalue weighted by Crippen LogP contribution is -3.20. The molecule has 2 saturated heterocycles. The van der Waals surface area contributed by atoms with E-state index in [2.05, 4.69) is 5.32 Å². The van der Waals surface area contributed by atoms with Crippen molar-refractivity contribution in [1.29, 1.82) is 0 Å². The van der Waals surface area contributed by atoms with Gasteiger partial charge in [0.05, 0.1) is 23.9 Å². The summed E-state index contributed by atoms with van der Waals surface area (Å²) in [6.07, 6.45) is -4.33. The first kappa shape index (κ1) is 18.5. The third-order valence-electron chi connectivity index (χ3n) is 4.88. The molecule has 2 aliphatic rings. The first-order chi connectivity index (χ1) is 11.9. The van der Waals surface area contributed by atoms with E-state index in [9.17, 15) is 18.0 Å². The van der Waals surface area contributed by atoms with Crippen molar-refractivity contribution < 1.29 is 28.2 Å². The third-order valence-corrected chi connectivity index (χ3v) is 6.27. The minimum atomic E-state index is -4.33. The molecule has 2 fully saturated rings. The van der Waals surface area contributed by atoms with E-state index in [0.29, 0.717) is 6.54 Å². The van der Waals surface area contributed by atoms with Gasteiger partial charge >= 0.3 is 6.18 Å². The van der Waals surface area contributed by atoms with E-state index in [1.54, 1.807) is 0 Å². The summed E-state index contributed by atoms with van der Waals surface area (Å²) in [5, 5.41) is 1.95. The zero-order chi connectivity index (χ0) is 18.0. The molecule has 0 spiro atoms. The maximum Gasteiger partial charge on any atom is 0.416 e. The van der Waals surface area contributed by atoms with Gasteiger partial charge in [0.15, 0.2) is 0 Å². The van der Waals surface area contributed by atoms with Crippen molar-refractivity contribution in [2.24, 2.45) is 0 Å². The molecule has 138 valence electrons. The van der Waals surface area contributed by atoms with Crippen LogP contribution in [0.3, 0.4) is 0 Å². The Kier molecular flexibility index (Phi) is 5.60. The molecular weight excluding hydrogens is 351 g/mol. The van der Waals surface area contributed by atoms with Crippen molar-refractivity contribution in [2.45, 2.75) is 23.7 Å². The quantitative estimate of drug-likeness (QED) is 0.786. The maximum atomic E-state index is 12.7. The van der Waals surface area contributed by atoms with E-state index in [-0.39, 0.29) is 16.5 Å². The van der Waals surface area contributed by atoms with E-state index in [1.165, 1.54) is 28.8 Å². The fourth-order valence-electron chi connectivity index (χ4n) is 3.41. The highest BCUT2D eigenvalue weighted by Gasteiger charge is 2.39. The van der Waals surface area contributed by atoms with Crippen LogP contribution in [0.2, 0.25) is 0 Å². The molecule has 8 heteroatoms. The van der Waals surface area contributed by atoms with Gasteiger partial charge in [-0.25, -0.2) is 0 Å². The van der Waals surface area contributed by atoms with Crippen molar-refractivity contribution in [3.05, 3.63) is 35.4 Å². The Morgan fingerprint density at radius 1 is 1.24 bits per heavy atom. The number of carbonyl (C=O) groups excluding carboxylic acids is 1. The van der Waals surface area contributed by atoms with E-state index in [1.807, 2.05) is 11.8 Å². The minimum absolute atomic E-state index is 0.0814. The van der Waals surface area contributed by atoms with Crippen LogP contribution in [0.25, 0.3) is 0 Å². The molecule has 0 aromatic heterocycles. The van der Waals surface area contributed by atoms with E-state index in [4.69, 9.17) is 0 Å². The number of halogens is 3. The smallest absolute Gasteiger partial charge is 0.337 e. The summed E-state index contributed by atoms with van der Waals surface area (Å²) in [4.78, 5) is 15.8. The van der Waals surface area contributed by atoms with Crippen molar-refractivity contribution in [3.8, 4) is 0 Å². The lowest BCUT2D eigenvalue weighted by molar-refractivity contribution is -0.946. The average molecular weight is 375 g/mol. The van der Waals surface area contributed by atoms with Crippen LogP contribution >= 0.6 is 11.8 Å². The number of thioether (sulfide) groups is 1. The summed E-state index contributed by atoms with van der Waals surface area (Å²) >= 11 is 1.51. The van der Waals surface area contributed by atoms with Crippen LogP contribution in [-0.2, 0) is 11.0 Å². The van der Waals surface area contributed by atoms with Gasteiger partial charge in [0, 0.05) is 0 Å². The number of rotatable bonds is 4. The molecule has 1 aromatic carbocycles. The lowest BCUT2D eigenvalue weighted by Gasteiger charge is -2.28. The van der Waals surface area contributed by atoms with E-state index < -0.39 is 11.7 Å². The van der Waals surface area contributed by atoms with Gasteiger partial charge in [-0.3, -0.25) is 4.79 Å². The largest absolute Gasteiger partial charge is 0.416 e. The summed E-state index contributed by atoms with van der Waals surface area (Å²) in [7, 11) is 0. The molecule has 0 unspecified atom stereocenters. The van der Waals surface area contributed by atoms with Crippen molar-refractivity contribution in [3.63, 3.8) is 0 Å². The first-order valence-electron chi connectivity index (χ1n) is 8.64. The number of nitrogens with one attached hydrogen (secondary N) is 1. The summed E-state index contributed by atoms with van der Waals surface area (Å²) in [5.41, 5.74) is 0.108. The van der Waals surface area contributed by atoms with Crippen LogP contribution in [0.1, 0.15) is 23.4 Å². The molecular formula is C17H24F3N3OS+2. The zero-order valence-corrected chi connectivity index (χ0v) is 15.0. The number of hydrogen-bond acceptors (Lipinski definition) is 2. The van der Waals surface area contributed by atoms with Crippen LogP contribution in [0.5, 0.6) is 0 Å². The van der Waals surface area contributed by atoms with Gasteiger partial charge in [-0.1, -0.05) is 12.1 Å². The number of piperazine rings is 1. The molecule has 4 nitrogen and oxygen atoms in total. The third kappa shape index (κ3) is 4.30. The van der Waals surface area contributed by atoms with Crippen LogP contribution in [0.15, 0.2) is 24.3 Å². The lowest BCUT2D eigenvalue weighted by atomic mass is 10.1. The van der Waals surface area contributed by atoms with Gasteiger partial charge in [0.25, 0.3) is 0 Å². The molecule has 2 aliphatic heterocycles. The number of alkyl halides is 3. The number of hydrogen-bond donors (Lipinski definition) is 2. The van der Waals surface area contributed by atoms with Crippen LogP contribution < -0.4 is 10.2 Å². The van der Waals surface area contributed by atoms with Crippen LogP contribution in [0, 0.1) is 0 Å². The van der Waals surface area contributed by atoms with Gasteiger partial charge in [-0.15, -0.1) is 11.8 Å². The fraction of sp³-hybridized carbons (Fsp3) is 0.588. The number of benzene rings is 1. The Morgan fingerprint density at radius 2 is 1.88 bits per heavy atom. The second kappa shape index (κ2) is 7.55. The molecule has 0 radical (unpaired) electrons. The second-order valence-corrected chi connectivity index (χ2v) is 8.07. The van der Waals surface area contributed by atoms with Crippen LogP contribution in [0.4, 0.5) is 13.2 Å². The molecule has 0 bridgehead atoms. The standard InChI is InChI=1S/C17H22F3N3OS/c1-12-15(24)23(11-10-22-8-6-21-7-9-22)16(25-12)13-2-4-14(5-3-13)17(18,19)20/h2-5,12,16,21H,6-11H2,1H3/p+2/t12-,16-/m0/s1. The predicted octanol–water partition coefficient (Wildman–Crippen LogP) is 0.130. The number of nitrogens with zero attached hydrogens (tertiary/aromatic N) is 1. The Balaban J connectivity index is 1.70. The van der Waals surface area contributed by atoms with Gasteiger partial charge in [0.1, 0.15) is 31.6 Å². The molecule has 0 aliphatic carbocycles. The van der Waals surface area contributed by atoms with Crippen molar-refractivity contribution >= 4 is 17.7 Å². The number of carbonyl (C=O) groups is 1. The maximum absolute atomic E-state index is 12.7. The Bertz CT molecular complexity index is 602. The fourth-order valence-corrected chi connectivity index (χ4v) is 4.72. The molecule has 1 amide bonds. The highest BCUT2D eigenvalue weighted by Crippen LogP contribution is 2.43. The second-order valence-electron chi connectivity index (χ2n) is 6.65. The highest BCUT2D eigenvalue weighted by atomic mass is 32.2. The minimum Gasteiger partial charge on any atom is -0.337 e. The zero-order valence-electron chi connectivity index (χ0n) is 14.2. The highest BCUT2D eigenvalue weighted by molar-refractivity contribution is 8.01. The first-order valence-corrected chi connectivity index (χ1v) is 9.59. The molecule has 2 atom stereocenters. The van der Waals surface area contributed by atoms with Crippen LogP contribution in [-0.4, -0.2) is 55.3 Å². The topological polar surface area (TPSA) is 41.4 Å². The van der Waals surface area contributed by atoms with Gasteiger partial charge in [-0.05, 0) is 24.6 Å². The van der Waals surface area contributed by atoms with Crippen molar-refractivity contribution in [2.75, 3.05) is 39.3 Å². The Labute approximate surface area is 149 Å². The monoisotopic (exact) mass is 375 g/mol.